The summed E-state index contributed by atoms with van der Waals surface area (Å²) < 4.78 is 11.6. The van der Waals surface area contributed by atoms with Crippen molar-refractivity contribution >= 4 is 11.9 Å². The summed E-state index contributed by atoms with van der Waals surface area (Å²) in [6.07, 6.45) is -0.155. The second kappa shape index (κ2) is 9.27. The molecule has 0 bridgehead atoms. The van der Waals surface area contributed by atoms with Crippen molar-refractivity contribution in [3.63, 3.8) is 0 Å². The number of nitrogens with zero attached hydrogens (tertiary/aromatic N) is 1. The fraction of sp³-hybridized carbons (Fsp3) is 0.556. The first-order chi connectivity index (χ1) is 12.0. The molecule has 1 atom stereocenters. The Morgan fingerprint density at radius 3 is 2.68 bits per heavy atom. The van der Waals surface area contributed by atoms with Crippen molar-refractivity contribution in [1.82, 2.24) is 15.5 Å². The van der Waals surface area contributed by atoms with E-state index in [0.717, 1.165) is 5.75 Å². The van der Waals surface area contributed by atoms with Crippen LogP contribution in [0.5, 0.6) is 11.5 Å². The molecule has 0 saturated heterocycles. The molecule has 0 aliphatic carbocycles. The van der Waals surface area contributed by atoms with Gasteiger partial charge in [0.25, 0.3) is 0 Å². The number of carbonyl (C=O) groups excluding carboxylic acids is 2. The van der Waals surface area contributed by atoms with E-state index in [4.69, 9.17) is 9.47 Å². The molecule has 2 rings (SSSR count). The first-order valence-electron chi connectivity index (χ1n) is 8.66. The molecule has 25 heavy (non-hydrogen) atoms. The Bertz CT molecular complexity index is 591. The highest BCUT2D eigenvalue weighted by Crippen LogP contribution is 2.30. The van der Waals surface area contributed by atoms with Gasteiger partial charge in [-0.05, 0) is 24.6 Å². The number of benzene rings is 1. The van der Waals surface area contributed by atoms with E-state index in [0.29, 0.717) is 37.9 Å². The molecule has 0 radical (unpaired) electrons. The summed E-state index contributed by atoms with van der Waals surface area (Å²) in [6.45, 7) is 8.26. The van der Waals surface area contributed by atoms with E-state index in [1.165, 1.54) is 0 Å². The number of amides is 3. The summed E-state index contributed by atoms with van der Waals surface area (Å²) in [6, 6.07) is 7.07. The van der Waals surface area contributed by atoms with Gasteiger partial charge in [-0.15, -0.1) is 0 Å². The van der Waals surface area contributed by atoms with E-state index < -0.39 is 6.03 Å². The average molecular weight is 349 g/mol. The van der Waals surface area contributed by atoms with E-state index in [2.05, 4.69) is 10.6 Å². The smallest absolute Gasteiger partial charge is 0.321 e. The lowest BCUT2D eigenvalue weighted by Gasteiger charge is -2.30. The van der Waals surface area contributed by atoms with Gasteiger partial charge in [-0.2, -0.15) is 0 Å². The molecule has 0 saturated carbocycles. The zero-order chi connectivity index (χ0) is 18.2. The average Bonchev–Trinajstić information content (AvgIpc) is 2.59. The number of ether oxygens (including phenoxy) is 2. The number of hydrogen-bond donors (Lipinski definition) is 2. The number of nitrogens with one attached hydrogen (secondary N) is 2. The second-order valence-electron chi connectivity index (χ2n) is 6.48. The van der Waals surface area contributed by atoms with Crippen LogP contribution in [-0.2, 0) is 4.79 Å². The summed E-state index contributed by atoms with van der Waals surface area (Å²) in [5, 5.41) is 5.01. The zero-order valence-corrected chi connectivity index (χ0v) is 15.1. The summed E-state index contributed by atoms with van der Waals surface area (Å²) in [4.78, 5) is 25.6. The van der Waals surface area contributed by atoms with Gasteiger partial charge in [0.1, 0.15) is 12.7 Å². The van der Waals surface area contributed by atoms with Crippen molar-refractivity contribution in [2.24, 2.45) is 5.92 Å². The van der Waals surface area contributed by atoms with Crippen LogP contribution in [0.15, 0.2) is 24.3 Å². The number of carbonyl (C=O) groups is 2. The standard InChI is InChI=1S/C18H27N3O4/c1-4-21(11-17(22)20-18(23)19-9-13(2)3)10-14-12-24-15-7-5-6-8-16(15)25-14/h5-8,13-14H,4,9-12H2,1-3H3,(H2,19,20,22,23). The largest absolute Gasteiger partial charge is 0.486 e. The minimum Gasteiger partial charge on any atom is -0.486 e. The molecular weight excluding hydrogens is 322 g/mol. The first-order valence-corrected chi connectivity index (χ1v) is 8.66. The molecule has 138 valence electrons. The fourth-order valence-corrected chi connectivity index (χ4v) is 2.46. The third-order valence-electron chi connectivity index (χ3n) is 3.77. The van der Waals surface area contributed by atoms with Crippen LogP contribution < -0.4 is 20.1 Å². The lowest BCUT2D eigenvalue weighted by molar-refractivity contribution is -0.121. The predicted octanol–water partition coefficient (Wildman–Crippen LogP) is 1.63. The number of hydrogen-bond acceptors (Lipinski definition) is 5. The summed E-state index contributed by atoms with van der Waals surface area (Å²) >= 11 is 0. The lowest BCUT2D eigenvalue weighted by atomic mass is 10.2. The van der Waals surface area contributed by atoms with Crippen LogP contribution in [0, 0.1) is 5.92 Å². The molecule has 0 spiro atoms. The number of para-hydroxylation sites is 2. The summed E-state index contributed by atoms with van der Waals surface area (Å²) in [5.41, 5.74) is 0. The molecule has 1 aromatic rings. The highest BCUT2D eigenvalue weighted by molar-refractivity contribution is 5.95. The molecule has 0 aromatic heterocycles. The van der Waals surface area contributed by atoms with Gasteiger partial charge in [0.05, 0.1) is 6.54 Å². The van der Waals surface area contributed by atoms with E-state index in [1.807, 2.05) is 49.9 Å². The highest BCUT2D eigenvalue weighted by Gasteiger charge is 2.23. The minimum absolute atomic E-state index is 0.132. The van der Waals surface area contributed by atoms with Crippen LogP contribution in [0.1, 0.15) is 20.8 Å². The normalized spacial score (nSPS) is 16.0. The van der Waals surface area contributed by atoms with Crippen molar-refractivity contribution in [3.05, 3.63) is 24.3 Å². The Kier molecular flexibility index (Phi) is 7.06. The lowest BCUT2D eigenvalue weighted by Crippen LogP contribution is -2.48. The van der Waals surface area contributed by atoms with E-state index >= 15 is 0 Å². The van der Waals surface area contributed by atoms with Crippen molar-refractivity contribution in [2.45, 2.75) is 26.9 Å². The van der Waals surface area contributed by atoms with Gasteiger partial charge in [-0.3, -0.25) is 15.0 Å². The first kappa shape index (κ1) is 19.1. The molecule has 7 nitrogen and oxygen atoms in total. The van der Waals surface area contributed by atoms with Crippen LogP contribution in [0.4, 0.5) is 4.79 Å². The van der Waals surface area contributed by atoms with Gasteiger partial charge in [0.15, 0.2) is 11.5 Å². The van der Waals surface area contributed by atoms with Gasteiger partial charge in [0.2, 0.25) is 5.91 Å². The molecule has 1 aliphatic heterocycles. The Morgan fingerprint density at radius 2 is 2.00 bits per heavy atom. The number of rotatable bonds is 7. The zero-order valence-electron chi connectivity index (χ0n) is 15.1. The maximum atomic E-state index is 12.0. The second-order valence-corrected chi connectivity index (χ2v) is 6.48. The number of imide groups is 1. The Hall–Kier alpha value is -2.28. The number of likely N-dealkylation sites (N-methyl/N-ethyl adjacent to an activating group) is 1. The molecule has 2 N–H and O–H groups in total. The molecular formula is C18H27N3O4. The van der Waals surface area contributed by atoms with Gasteiger partial charge in [-0.1, -0.05) is 32.9 Å². The third kappa shape index (κ3) is 6.26. The SMILES string of the molecule is CCN(CC(=O)NC(=O)NCC(C)C)CC1COc2ccccc2O1. The summed E-state index contributed by atoms with van der Waals surface area (Å²) in [5.74, 6) is 1.45. The maximum Gasteiger partial charge on any atom is 0.321 e. The fourth-order valence-electron chi connectivity index (χ4n) is 2.46. The highest BCUT2D eigenvalue weighted by atomic mass is 16.6. The molecule has 1 unspecified atom stereocenters. The molecule has 1 aliphatic rings. The van der Waals surface area contributed by atoms with E-state index in [-0.39, 0.29) is 18.6 Å². The van der Waals surface area contributed by atoms with Crippen LogP contribution in [0.2, 0.25) is 0 Å². The maximum absolute atomic E-state index is 12.0. The monoisotopic (exact) mass is 349 g/mol. The van der Waals surface area contributed by atoms with Crippen molar-refractivity contribution < 1.29 is 19.1 Å². The molecule has 0 fully saturated rings. The van der Waals surface area contributed by atoms with Crippen LogP contribution >= 0.6 is 0 Å². The quantitative estimate of drug-likeness (QED) is 0.782. The van der Waals surface area contributed by atoms with Gasteiger partial charge in [-0.25, -0.2) is 4.79 Å². The third-order valence-corrected chi connectivity index (χ3v) is 3.77. The molecule has 1 heterocycles. The minimum atomic E-state index is -0.457. The molecule has 3 amide bonds. The van der Waals surface area contributed by atoms with E-state index in [1.54, 1.807) is 0 Å². The Labute approximate surface area is 148 Å². The van der Waals surface area contributed by atoms with Gasteiger partial charge >= 0.3 is 6.03 Å². The molecule has 1 aromatic carbocycles. The van der Waals surface area contributed by atoms with Gasteiger partial charge < -0.3 is 14.8 Å². The van der Waals surface area contributed by atoms with Crippen molar-refractivity contribution in [3.8, 4) is 11.5 Å². The van der Waals surface area contributed by atoms with Crippen LogP contribution in [-0.4, -0.2) is 55.7 Å². The van der Waals surface area contributed by atoms with Gasteiger partial charge in [0, 0.05) is 13.1 Å². The van der Waals surface area contributed by atoms with Crippen molar-refractivity contribution in [1.29, 1.82) is 0 Å². The van der Waals surface area contributed by atoms with Crippen molar-refractivity contribution in [2.75, 3.05) is 32.8 Å². The topological polar surface area (TPSA) is 79.9 Å². The summed E-state index contributed by atoms with van der Waals surface area (Å²) in [7, 11) is 0. The van der Waals surface area contributed by atoms with E-state index in [9.17, 15) is 9.59 Å². The van der Waals surface area contributed by atoms with Crippen LogP contribution in [0.3, 0.4) is 0 Å². The molecule has 7 heteroatoms. The van der Waals surface area contributed by atoms with Crippen LogP contribution in [0.25, 0.3) is 0 Å². The number of fused-ring (bicyclic) bond motifs is 1. The number of urea groups is 1. The predicted molar refractivity (Wildman–Crippen MR) is 94.8 cm³/mol. The Morgan fingerprint density at radius 1 is 1.28 bits per heavy atom. The Balaban J connectivity index is 1.78.